The zero-order chi connectivity index (χ0) is 15.6. The third-order valence-corrected chi connectivity index (χ3v) is 3.26. The number of benzene rings is 2. The third kappa shape index (κ3) is 3.61. The molecule has 0 fully saturated rings. The van der Waals surface area contributed by atoms with Crippen LogP contribution < -0.4 is 9.64 Å². The third-order valence-electron chi connectivity index (χ3n) is 2.86. The highest BCUT2D eigenvalue weighted by molar-refractivity contribution is 6.36. The Balaban J connectivity index is 2.55. The number of halogens is 4. The number of anilines is 1. The molecule has 0 spiro atoms. The highest BCUT2D eigenvalue weighted by Gasteiger charge is 2.32. The van der Waals surface area contributed by atoms with Gasteiger partial charge in [0.1, 0.15) is 5.75 Å². The lowest BCUT2D eigenvalue weighted by Crippen LogP contribution is -2.17. The smallest absolute Gasteiger partial charge is 0.405 e. The van der Waals surface area contributed by atoms with Crippen LogP contribution in [-0.4, -0.2) is 20.5 Å². The number of alkyl halides is 3. The topological polar surface area (TPSA) is 12.5 Å². The van der Waals surface area contributed by atoms with Crippen molar-refractivity contribution >= 4 is 17.3 Å². The molecule has 0 heterocycles. The molecule has 0 N–H and O–H groups in total. The van der Waals surface area contributed by atoms with Crippen LogP contribution >= 0.6 is 11.6 Å². The van der Waals surface area contributed by atoms with E-state index in [0.717, 1.165) is 5.69 Å². The molecule has 0 aliphatic heterocycles. The maximum atomic E-state index is 12.5. The Kier molecular flexibility index (Phi) is 4.32. The van der Waals surface area contributed by atoms with Crippen LogP contribution in [0.1, 0.15) is 0 Å². The van der Waals surface area contributed by atoms with Crippen molar-refractivity contribution in [2.45, 2.75) is 6.36 Å². The van der Waals surface area contributed by atoms with Gasteiger partial charge in [-0.25, -0.2) is 0 Å². The van der Waals surface area contributed by atoms with Crippen molar-refractivity contribution in [3.63, 3.8) is 0 Å². The molecule has 0 unspecified atom stereocenters. The van der Waals surface area contributed by atoms with E-state index in [4.69, 9.17) is 11.6 Å². The van der Waals surface area contributed by atoms with E-state index >= 15 is 0 Å². The summed E-state index contributed by atoms with van der Waals surface area (Å²) < 4.78 is 41.5. The molecule has 2 rings (SSSR count). The maximum absolute atomic E-state index is 12.5. The molecule has 0 aliphatic rings. The molecule has 0 aliphatic carbocycles. The van der Waals surface area contributed by atoms with Gasteiger partial charge in [0.15, 0.2) is 0 Å². The molecule has 2 nitrogen and oxygen atoms in total. The average Bonchev–Trinajstić information content (AvgIpc) is 2.38. The summed E-state index contributed by atoms with van der Waals surface area (Å²) in [5, 5.41) is 0.376. The lowest BCUT2D eigenvalue weighted by atomic mass is 10.0. The first-order chi connectivity index (χ1) is 9.79. The summed E-state index contributed by atoms with van der Waals surface area (Å²) in [6, 6.07) is 11.1. The van der Waals surface area contributed by atoms with Gasteiger partial charge in [0, 0.05) is 25.2 Å². The van der Waals surface area contributed by atoms with E-state index in [-0.39, 0.29) is 5.75 Å². The number of hydrogen-bond acceptors (Lipinski definition) is 2. The molecule has 0 radical (unpaired) electrons. The van der Waals surface area contributed by atoms with Gasteiger partial charge in [0.25, 0.3) is 0 Å². The van der Waals surface area contributed by atoms with Gasteiger partial charge < -0.3 is 9.64 Å². The molecule has 0 bridgehead atoms. The first-order valence-electron chi connectivity index (χ1n) is 6.10. The SMILES string of the molecule is CN(C)c1cccc(-c2ccccc2OC(F)(F)F)c1Cl. The normalized spacial score (nSPS) is 11.3. The molecule has 21 heavy (non-hydrogen) atoms. The fourth-order valence-corrected chi connectivity index (χ4v) is 2.37. The van der Waals surface area contributed by atoms with Gasteiger partial charge in [-0.1, -0.05) is 41.9 Å². The van der Waals surface area contributed by atoms with Crippen LogP contribution in [0.3, 0.4) is 0 Å². The molecule has 2 aromatic carbocycles. The number of para-hydroxylation sites is 1. The minimum Gasteiger partial charge on any atom is -0.405 e. The Morgan fingerprint density at radius 1 is 0.952 bits per heavy atom. The molecule has 2 aromatic rings. The van der Waals surface area contributed by atoms with Gasteiger partial charge >= 0.3 is 6.36 Å². The van der Waals surface area contributed by atoms with Crippen LogP contribution in [-0.2, 0) is 0 Å². The zero-order valence-electron chi connectivity index (χ0n) is 11.4. The van der Waals surface area contributed by atoms with E-state index in [2.05, 4.69) is 4.74 Å². The molecule has 0 amide bonds. The Morgan fingerprint density at radius 2 is 1.57 bits per heavy atom. The van der Waals surface area contributed by atoms with Crippen molar-refractivity contribution in [3.05, 3.63) is 47.5 Å². The van der Waals surface area contributed by atoms with E-state index < -0.39 is 6.36 Å². The van der Waals surface area contributed by atoms with Crippen molar-refractivity contribution in [2.75, 3.05) is 19.0 Å². The van der Waals surface area contributed by atoms with Crippen molar-refractivity contribution in [1.82, 2.24) is 0 Å². The number of ether oxygens (including phenoxy) is 1. The summed E-state index contributed by atoms with van der Waals surface area (Å²) in [6.45, 7) is 0. The van der Waals surface area contributed by atoms with E-state index in [9.17, 15) is 13.2 Å². The van der Waals surface area contributed by atoms with Crippen LogP contribution in [0.5, 0.6) is 5.75 Å². The average molecular weight is 316 g/mol. The highest BCUT2D eigenvalue weighted by atomic mass is 35.5. The fourth-order valence-electron chi connectivity index (χ4n) is 1.98. The maximum Gasteiger partial charge on any atom is 0.573 e. The number of rotatable bonds is 3. The van der Waals surface area contributed by atoms with Crippen molar-refractivity contribution in [1.29, 1.82) is 0 Å². The Morgan fingerprint density at radius 3 is 2.19 bits per heavy atom. The molecule has 112 valence electrons. The Hall–Kier alpha value is -1.88. The first-order valence-corrected chi connectivity index (χ1v) is 6.48. The summed E-state index contributed by atoms with van der Waals surface area (Å²) in [5.41, 5.74) is 1.50. The predicted octanol–water partition coefficient (Wildman–Crippen LogP) is 4.97. The molecule has 0 atom stereocenters. The molecule has 6 heteroatoms. The molecule has 0 saturated heterocycles. The lowest BCUT2D eigenvalue weighted by Gasteiger charge is -2.18. The van der Waals surface area contributed by atoms with Crippen LogP contribution in [0.25, 0.3) is 11.1 Å². The molecule has 0 aromatic heterocycles. The van der Waals surface area contributed by atoms with Gasteiger partial charge in [-0.15, -0.1) is 13.2 Å². The predicted molar refractivity (Wildman–Crippen MR) is 77.9 cm³/mol. The van der Waals surface area contributed by atoms with Gasteiger partial charge in [0.05, 0.1) is 10.7 Å². The molecular formula is C15H13ClF3NO. The quantitative estimate of drug-likeness (QED) is 0.792. The second-order valence-corrected chi connectivity index (χ2v) is 4.96. The Bertz CT molecular complexity index is 641. The van der Waals surface area contributed by atoms with E-state index in [1.807, 2.05) is 14.1 Å². The first kappa shape index (κ1) is 15.5. The van der Waals surface area contributed by atoms with Crippen LogP contribution in [0.15, 0.2) is 42.5 Å². The van der Waals surface area contributed by atoms with Crippen molar-refractivity contribution in [3.8, 4) is 16.9 Å². The number of hydrogen-bond donors (Lipinski definition) is 0. The minimum absolute atomic E-state index is 0.275. The van der Waals surface area contributed by atoms with Gasteiger partial charge in [-0.2, -0.15) is 0 Å². The summed E-state index contributed by atoms with van der Waals surface area (Å²) in [6.07, 6.45) is -4.75. The largest absolute Gasteiger partial charge is 0.573 e. The van der Waals surface area contributed by atoms with Crippen LogP contribution in [0.2, 0.25) is 5.02 Å². The molecular weight excluding hydrogens is 303 g/mol. The summed E-state index contributed by atoms with van der Waals surface area (Å²) >= 11 is 6.30. The second-order valence-electron chi connectivity index (χ2n) is 4.58. The second kappa shape index (κ2) is 5.85. The van der Waals surface area contributed by atoms with E-state index in [1.165, 1.54) is 12.1 Å². The lowest BCUT2D eigenvalue weighted by molar-refractivity contribution is -0.274. The van der Waals surface area contributed by atoms with Crippen molar-refractivity contribution in [2.24, 2.45) is 0 Å². The number of nitrogens with zero attached hydrogens (tertiary/aromatic N) is 1. The van der Waals surface area contributed by atoms with Crippen LogP contribution in [0.4, 0.5) is 18.9 Å². The fraction of sp³-hybridized carbons (Fsp3) is 0.200. The zero-order valence-corrected chi connectivity index (χ0v) is 12.2. The van der Waals surface area contributed by atoms with E-state index in [1.54, 1.807) is 35.2 Å². The summed E-state index contributed by atoms with van der Waals surface area (Å²) in [5.74, 6) is -0.275. The van der Waals surface area contributed by atoms with Gasteiger partial charge in [-0.3, -0.25) is 0 Å². The molecule has 0 saturated carbocycles. The minimum atomic E-state index is -4.75. The standard InChI is InChI=1S/C15H13ClF3NO/c1-20(2)12-8-5-7-11(14(12)16)10-6-3-4-9-13(10)21-15(17,18)19/h3-9H,1-2H3. The van der Waals surface area contributed by atoms with Gasteiger partial charge in [0.2, 0.25) is 0 Å². The van der Waals surface area contributed by atoms with Crippen LogP contribution in [0, 0.1) is 0 Å². The summed E-state index contributed by atoms with van der Waals surface area (Å²) in [4.78, 5) is 1.79. The highest BCUT2D eigenvalue weighted by Crippen LogP contribution is 2.40. The Labute approximate surface area is 125 Å². The monoisotopic (exact) mass is 315 g/mol. The summed E-state index contributed by atoms with van der Waals surface area (Å²) in [7, 11) is 3.62. The van der Waals surface area contributed by atoms with Gasteiger partial charge in [-0.05, 0) is 12.1 Å². The van der Waals surface area contributed by atoms with E-state index in [0.29, 0.717) is 16.1 Å². The van der Waals surface area contributed by atoms with Crippen molar-refractivity contribution < 1.29 is 17.9 Å².